The molecule has 0 saturated carbocycles. The average Bonchev–Trinajstić information content (AvgIpc) is 2.50. The van der Waals surface area contributed by atoms with Gasteiger partial charge in [-0.15, -0.1) is 0 Å². The van der Waals surface area contributed by atoms with Crippen LogP contribution in [0.5, 0.6) is 0 Å². The van der Waals surface area contributed by atoms with Gasteiger partial charge in [-0.2, -0.15) is 0 Å². The van der Waals surface area contributed by atoms with Crippen molar-refractivity contribution in [3.63, 3.8) is 0 Å². The minimum atomic E-state index is -0.701. The predicted octanol–water partition coefficient (Wildman–Crippen LogP) is 5.65. The number of carbonyl (C=O) groups is 1. The van der Waals surface area contributed by atoms with Gasteiger partial charge in [-0.3, -0.25) is 9.69 Å². The van der Waals surface area contributed by atoms with Crippen LogP contribution in [0.25, 0.3) is 0 Å². The van der Waals surface area contributed by atoms with Gasteiger partial charge in [0.1, 0.15) is 6.04 Å². The van der Waals surface area contributed by atoms with E-state index in [1.165, 1.54) is 64.2 Å². The molecular formula is C20H39NO2. The van der Waals surface area contributed by atoms with E-state index in [1.807, 2.05) is 14.1 Å². The molecule has 1 unspecified atom stereocenters. The third-order valence-electron chi connectivity index (χ3n) is 4.40. The molecule has 0 radical (unpaired) electrons. The highest BCUT2D eigenvalue weighted by atomic mass is 16.4. The summed E-state index contributed by atoms with van der Waals surface area (Å²) in [6.07, 6.45) is 20.6. The maximum Gasteiger partial charge on any atom is 0.320 e. The Labute approximate surface area is 144 Å². The minimum absolute atomic E-state index is 0.327. The van der Waals surface area contributed by atoms with E-state index in [-0.39, 0.29) is 6.04 Å². The fourth-order valence-electron chi connectivity index (χ4n) is 2.83. The van der Waals surface area contributed by atoms with Gasteiger partial charge in [0.15, 0.2) is 0 Å². The van der Waals surface area contributed by atoms with Crippen molar-refractivity contribution in [2.45, 2.75) is 96.4 Å². The van der Waals surface area contributed by atoms with Crippen molar-refractivity contribution in [3.8, 4) is 0 Å². The lowest BCUT2D eigenvalue weighted by atomic mass is 10.1. The van der Waals surface area contributed by atoms with Crippen molar-refractivity contribution < 1.29 is 9.90 Å². The molecule has 136 valence electrons. The lowest BCUT2D eigenvalue weighted by Crippen LogP contribution is -2.35. The Morgan fingerprint density at radius 3 is 1.83 bits per heavy atom. The van der Waals surface area contributed by atoms with E-state index < -0.39 is 5.97 Å². The van der Waals surface area contributed by atoms with Gasteiger partial charge in [0.2, 0.25) is 0 Å². The van der Waals surface area contributed by atoms with E-state index in [9.17, 15) is 4.79 Å². The molecule has 3 nitrogen and oxygen atoms in total. The highest BCUT2D eigenvalue weighted by molar-refractivity contribution is 5.73. The Kier molecular flexibility index (Phi) is 15.5. The zero-order valence-corrected chi connectivity index (χ0v) is 15.7. The second-order valence-corrected chi connectivity index (χ2v) is 6.84. The third-order valence-corrected chi connectivity index (χ3v) is 4.40. The summed E-state index contributed by atoms with van der Waals surface area (Å²) < 4.78 is 0. The third kappa shape index (κ3) is 14.5. The summed E-state index contributed by atoms with van der Waals surface area (Å²) in [6, 6.07) is -0.327. The molecule has 0 aromatic rings. The van der Waals surface area contributed by atoms with Gasteiger partial charge in [-0.1, -0.05) is 70.4 Å². The largest absolute Gasteiger partial charge is 0.480 e. The summed E-state index contributed by atoms with van der Waals surface area (Å²) in [5.74, 6) is -0.701. The summed E-state index contributed by atoms with van der Waals surface area (Å²) in [5, 5.41) is 9.10. The van der Waals surface area contributed by atoms with E-state index in [0.717, 1.165) is 19.3 Å². The molecule has 23 heavy (non-hydrogen) atoms. The molecule has 1 N–H and O–H groups in total. The van der Waals surface area contributed by atoms with Crippen LogP contribution in [0.3, 0.4) is 0 Å². The first-order chi connectivity index (χ1) is 11.1. The first-order valence-electron chi connectivity index (χ1n) is 9.63. The number of aliphatic carboxylic acids is 1. The zero-order valence-electron chi connectivity index (χ0n) is 15.7. The lowest BCUT2D eigenvalue weighted by molar-refractivity contribution is -0.142. The molecule has 0 aliphatic heterocycles. The monoisotopic (exact) mass is 325 g/mol. The normalized spacial score (nSPS) is 13.0. The van der Waals surface area contributed by atoms with Crippen LogP contribution in [0, 0.1) is 0 Å². The number of unbranched alkanes of at least 4 members (excludes halogenated alkanes) is 10. The maximum absolute atomic E-state index is 11.1. The lowest BCUT2D eigenvalue weighted by Gasteiger charge is -2.19. The van der Waals surface area contributed by atoms with Crippen molar-refractivity contribution in [3.05, 3.63) is 12.2 Å². The van der Waals surface area contributed by atoms with E-state index in [1.54, 1.807) is 4.90 Å². The van der Waals surface area contributed by atoms with Gasteiger partial charge < -0.3 is 5.11 Å². The van der Waals surface area contributed by atoms with Crippen molar-refractivity contribution in [1.29, 1.82) is 0 Å². The molecule has 0 aliphatic carbocycles. The number of nitrogens with zero attached hydrogens (tertiary/aromatic N) is 1. The summed E-state index contributed by atoms with van der Waals surface area (Å²) in [6.45, 7) is 2.26. The first-order valence-corrected chi connectivity index (χ1v) is 9.63. The molecule has 0 spiro atoms. The second kappa shape index (κ2) is 16.0. The van der Waals surface area contributed by atoms with Gasteiger partial charge in [-0.25, -0.2) is 0 Å². The highest BCUT2D eigenvalue weighted by Crippen LogP contribution is 2.11. The van der Waals surface area contributed by atoms with E-state index in [4.69, 9.17) is 5.11 Å². The molecule has 0 heterocycles. The molecule has 0 amide bonds. The van der Waals surface area contributed by atoms with Gasteiger partial charge in [-0.05, 0) is 46.2 Å². The maximum atomic E-state index is 11.1. The Bertz CT molecular complexity index is 300. The smallest absolute Gasteiger partial charge is 0.320 e. The van der Waals surface area contributed by atoms with Crippen molar-refractivity contribution >= 4 is 5.97 Å². The van der Waals surface area contributed by atoms with Crippen LogP contribution >= 0.6 is 0 Å². The number of carboxylic acid groups (broad SMARTS) is 1. The zero-order chi connectivity index (χ0) is 17.3. The molecular weight excluding hydrogens is 286 g/mol. The highest BCUT2D eigenvalue weighted by Gasteiger charge is 2.18. The summed E-state index contributed by atoms with van der Waals surface area (Å²) in [7, 11) is 3.68. The van der Waals surface area contributed by atoms with Crippen LogP contribution in [0.15, 0.2) is 12.2 Å². The van der Waals surface area contributed by atoms with Crippen LogP contribution < -0.4 is 0 Å². The number of likely N-dealkylation sites (N-methyl/N-ethyl adjacent to an activating group) is 1. The number of rotatable bonds is 16. The molecule has 0 aromatic heterocycles. The van der Waals surface area contributed by atoms with Crippen molar-refractivity contribution in [2.75, 3.05) is 14.1 Å². The quantitative estimate of drug-likeness (QED) is 0.294. The predicted molar refractivity (Wildman–Crippen MR) is 99.9 cm³/mol. The van der Waals surface area contributed by atoms with Crippen LogP contribution in [-0.4, -0.2) is 36.1 Å². The van der Waals surface area contributed by atoms with Crippen LogP contribution in [0.4, 0.5) is 0 Å². The van der Waals surface area contributed by atoms with Crippen LogP contribution in [0.2, 0.25) is 0 Å². The number of hydrogen-bond donors (Lipinski definition) is 1. The number of hydrogen-bond acceptors (Lipinski definition) is 2. The van der Waals surface area contributed by atoms with Crippen LogP contribution in [-0.2, 0) is 4.79 Å². The Balaban J connectivity index is 3.35. The minimum Gasteiger partial charge on any atom is -0.480 e. The van der Waals surface area contributed by atoms with Gasteiger partial charge >= 0.3 is 5.97 Å². The second-order valence-electron chi connectivity index (χ2n) is 6.84. The van der Waals surface area contributed by atoms with Crippen molar-refractivity contribution in [1.82, 2.24) is 4.90 Å². The molecule has 0 fully saturated rings. The molecule has 0 rings (SSSR count). The first kappa shape index (κ1) is 22.2. The molecule has 1 atom stereocenters. The van der Waals surface area contributed by atoms with E-state index in [2.05, 4.69) is 19.1 Å². The fraction of sp³-hybridized carbons (Fsp3) is 0.850. The molecule has 0 bridgehead atoms. The van der Waals surface area contributed by atoms with Crippen molar-refractivity contribution in [2.24, 2.45) is 0 Å². The summed E-state index contributed by atoms with van der Waals surface area (Å²) in [5.41, 5.74) is 0. The Morgan fingerprint density at radius 2 is 1.35 bits per heavy atom. The summed E-state index contributed by atoms with van der Waals surface area (Å²) >= 11 is 0. The topological polar surface area (TPSA) is 40.5 Å². The molecule has 3 heteroatoms. The Morgan fingerprint density at radius 1 is 0.870 bits per heavy atom. The molecule has 0 aromatic carbocycles. The van der Waals surface area contributed by atoms with Gasteiger partial charge in [0.05, 0.1) is 0 Å². The van der Waals surface area contributed by atoms with E-state index >= 15 is 0 Å². The average molecular weight is 326 g/mol. The number of allylic oxidation sites excluding steroid dienone is 2. The SMILES string of the molecule is CCCCCCCC/C=C\CCCCCCC(C(=O)O)N(C)C. The van der Waals surface area contributed by atoms with Crippen LogP contribution in [0.1, 0.15) is 90.4 Å². The van der Waals surface area contributed by atoms with Gasteiger partial charge in [0, 0.05) is 0 Å². The molecule has 0 aliphatic rings. The van der Waals surface area contributed by atoms with Gasteiger partial charge in [0.25, 0.3) is 0 Å². The molecule has 0 saturated heterocycles. The summed E-state index contributed by atoms with van der Waals surface area (Å²) in [4.78, 5) is 12.9. The fourth-order valence-corrected chi connectivity index (χ4v) is 2.83. The Hall–Kier alpha value is -0.830. The van der Waals surface area contributed by atoms with E-state index in [0.29, 0.717) is 0 Å². The number of carboxylic acids is 1. The standard InChI is InChI=1S/C20H39NO2/c1-4-5-6-7-8-9-10-11-12-13-14-15-16-17-18-19(20(22)23)21(2)3/h11-12,19H,4-10,13-18H2,1-3H3,(H,22,23)/b12-11-.